The molecule has 2 fully saturated rings. The zero-order chi connectivity index (χ0) is 28.6. The normalized spacial score (nSPS) is 22.1. The molecule has 2 N–H and O–H groups in total. The first-order chi connectivity index (χ1) is 19.9. The third kappa shape index (κ3) is 5.25. The number of hydrogen-bond acceptors (Lipinski definition) is 6. The summed E-state index contributed by atoms with van der Waals surface area (Å²) in [5.41, 5.74) is 8.52. The van der Waals surface area contributed by atoms with Crippen molar-refractivity contribution in [2.75, 3.05) is 39.9 Å². The Kier molecular flexibility index (Phi) is 7.82. The predicted octanol–water partition coefficient (Wildman–Crippen LogP) is 3.58. The van der Waals surface area contributed by atoms with E-state index in [9.17, 15) is 13.2 Å². The van der Waals surface area contributed by atoms with Crippen LogP contribution in [-0.2, 0) is 26.1 Å². The monoisotopic (exact) mass is 575 g/mol. The average molecular weight is 576 g/mol. The molecule has 6 rings (SSSR count). The zero-order valence-electron chi connectivity index (χ0n) is 23.4. The Morgan fingerprint density at radius 1 is 1.02 bits per heavy atom. The van der Waals surface area contributed by atoms with Gasteiger partial charge in [0.1, 0.15) is 5.82 Å². The van der Waals surface area contributed by atoms with Crippen molar-refractivity contribution in [2.45, 2.75) is 42.7 Å². The summed E-state index contributed by atoms with van der Waals surface area (Å²) < 4.78 is 36.4. The fourth-order valence-corrected chi connectivity index (χ4v) is 8.16. The van der Waals surface area contributed by atoms with Crippen LogP contribution in [0, 0.1) is 5.92 Å². The van der Waals surface area contributed by atoms with Gasteiger partial charge in [0.05, 0.1) is 21.8 Å². The average Bonchev–Trinajstić information content (AvgIpc) is 3.58. The van der Waals surface area contributed by atoms with Crippen molar-refractivity contribution in [2.24, 2.45) is 11.7 Å². The highest BCUT2D eigenvalue weighted by molar-refractivity contribution is 7.89. The van der Waals surface area contributed by atoms with Crippen LogP contribution in [0.5, 0.6) is 0 Å². The largest absolute Gasteiger partial charge is 0.385 e. The number of imidazole rings is 1. The lowest BCUT2D eigenvalue weighted by Gasteiger charge is -2.35. The maximum absolute atomic E-state index is 13.9. The number of amides is 1. The summed E-state index contributed by atoms with van der Waals surface area (Å²) in [6, 6.07) is 20.3. The van der Waals surface area contributed by atoms with Crippen molar-refractivity contribution >= 4 is 37.7 Å². The van der Waals surface area contributed by atoms with Crippen molar-refractivity contribution in [1.82, 2.24) is 18.8 Å². The Bertz CT molecular complexity index is 1660. The zero-order valence-corrected chi connectivity index (χ0v) is 24.2. The molecule has 3 atom stereocenters. The van der Waals surface area contributed by atoms with Crippen LogP contribution in [0.1, 0.15) is 31.0 Å². The molecule has 1 amide bonds. The molecule has 2 aliphatic rings. The summed E-state index contributed by atoms with van der Waals surface area (Å²) in [5.74, 6) is 0.436. The first-order valence-electron chi connectivity index (χ1n) is 14.3. The molecule has 2 saturated heterocycles. The molecule has 216 valence electrons. The number of fused-ring (bicyclic) bond motifs is 2. The minimum atomic E-state index is -3.82. The van der Waals surface area contributed by atoms with Crippen molar-refractivity contribution in [3.63, 3.8) is 0 Å². The molecule has 0 spiro atoms. The molecule has 3 heterocycles. The highest BCUT2D eigenvalue weighted by atomic mass is 32.2. The Labute approximate surface area is 240 Å². The second-order valence-corrected chi connectivity index (χ2v) is 13.1. The highest BCUT2D eigenvalue weighted by Gasteiger charge is 2.44. The van der Waals surface area contributed by atoms with E-state index in [4.69, 9.17) is 15.5 Å². The number of carbonyl (C=O) groups excluding carboxylic acids is 1. The van der Waals surface area contributed by atoms with E-state index in [2.05, 4.69) is 10.6 Å². The standard InChI is InChI=1S/C31H37N5O4S/c1-40-18-8-17-36-28-14-5-4-13-27(28)33-30(36)23-11-7-16-34(19-23)31(37)25-20-35(21-26(25)32)41(38,39)29-15-6-10-22-9-2-3-12-24(22)29/h2-6,9-10,12-15,23,25-26H,7-8,11,16-21,32H2,1H3/t23?,25-,26-/m1/s1. The van der Waals surface area contributed by atoms with Gasteiger partial charge in [0.15, 0.2) is 0 Å². The Balaban J connectivity index is 1.21. The SMILES string of the molecule is COCCCn1c(C2CCCN(C(=O)[C@@H]3CN(S(=O)(=O)c4cccc5ccccc45)C[C@H]3N)C2)nc2ccccc21. The van der Waals surface area contributed by atoms with Crippen LogP contribution in [0.4, 0.5) is 0 Å². The lowest BCUT2D eigenvalue weighted by atomic mass is 9.94. The van der Waals surface area contributed by atoms with Crippen LogP contribution in [0.25, 0.3) is 21.8 Å². The summed E-state index contributed by atoms with van der Waals surface area (Å²) in [7, 11) is -2.11. The van der Waals surface area contributed by atoms with Crippen LogP contribution in [0.3, 0.4) is 0 Å². The van der Waals surface area contributed by atoms with Gasteiger partial charge in [-0.05, 0) is 42.8 Å². The van der Waals surface area contributed by atoms with E-state index in [1.807, 2.05) is 53.4 Å². The number of hydrogen-bond donors (Lipinski definition) is 1. The summed E-state index contributed by atoms with van der Waals surface area (Å²) in [6.45, 7) is 2.85. The molecular weight excluding hydrogens is 538 g/mol. The van der Waals surface area contributed by atoms with Crippen LogP contribution in [-0.4, -0.2) is 79.0 Å². The minimum Gasteiger partial charge on any atom is -0.385 e. The Morgan fingerprint density at radius 3 is 2.66 bits per heavy atom. The second kappa shape index (κ2) is 11.5. The van der Waals surface area contributed by atoms with Crippen LogP contribution in [0.15, 0.2) is 71.6 Å². The maximum Gasteiger partial charge on any atom is 0.243 e. The van der Waals surface area contributed by atoms with E-state index in [-0.39, 0.29) is 29.8 Å². The number of rotatable bonds is 8. The van der Waals surface area contributed by atoms with E-state index >= 15 is 0 Å². The molecule has 0 radical (unpaired) electrons. The molecule has 0 saturated carbocycles. The van der Waals surface area contributed by atoms with Crippen molar-refractivity contribution in [3.8, 4) is 0 Å². The van der Waals surface area contributed by atoms with Crippen LogP contribution < -0.4 is 5.73 Å². The molecule has 41 heavy (non-hydrogen) atoms. The number of para-hydroxylation sites is 2. The van der Waals surface area contributed by atoms with E-state index in [0.717, 1.165) is 48.1 Å². The van der Waals surface area contributed by atoms with Gasteiger partial charge >= 0.3 is 0 Å². The highest BCUT2D eigenvalue weighted by Crippen LogP contribution is 2.33. The van der Waals surface area contributed by atoms with Gasteiger partial charge in [-0.15, -0.1) is 0 Å². The van der Waals surface area contributed by atoms with Gasteiger partial charge in [-0.25, -0.2) is 13.4 Å². The summed E-state index contributed by atoms with van der Waals surface area (Å²) in [4.78, 5) is 21.0. The summed E-state index contributed by atoms with van der Waals surface area (Å²) >= 11 is 0. The topological polar surface area (TPSA) is 111 Å². The minimum absolute atomic E-state index is 0.0696. The smallest absolute Gasteiger partial charge is 0.243 e. The predicted molar refractivity (Wildman–Crippen MR) is 159 cm³/mol. The number of aromatic nitrogens is 2. The number of methoxy groups -OCH3 is 1. The van der Waals surface area contributed by atoms with Gasteiger partial charge in [0.25, 0.3) is 0 Å². The van der Waals surface area contributed by atoms with Gasteiger partial charge in [-0.3, -0.25) is 4.79 Å². The van der Waals surface area contributed by atoms with Gasteiger partial charge in [0, 0.05) is 63.8 Å². The first-order valence-corrected chi connectivity index (χ1v) is 15.8. The van der Waals surface area contributed by atoms with Crippen molar-refractivity contribution < 1.29 is 17.9 Å². The van der Waals surface area contributed by atoms with E-state index in [1.165, 1.54) is 4.31 Å². The number of likely N-dealkylation sites (tertiary alicyclic amines) is 1. The fourth-order valence-electron chi connectivity index (χ4n) is 6.44. The second-order valence-electron chi connectivity index (χ2n) is 11.1. The van der Waals surface area contributed by atoms with Gasteiger partial charge in [0.2, 0.25) is 15.9 Å². The number of nitrogens with zero attached hydrogens (tertiary/aromatic N) is 4. The summed E-state index contributed by atoms with van der Waals surface area (Å²) in [6.07, 6.45) is 2.67. The number of sulfonamides is 1. The first kappa shape index (κ1) is 27.8. The lowest BCUT2D eigenvalue weighted by molar-refractivity contribution is -0.136. The number of benzene rings is 3. The van der Waals surface area contributed by atoms with E-state index in [1.54, 1.807) is 19.2 Å². The molecule has 1 unspecified atom stereocenters. The summed E-state index contributed by atoms with van der Waals surface area (Å²) in [5, 5.41) is 1.53. The molecule has 0 aliphatic carbocycles. The number of ether oxygens (including phenoxy) is 1. The molecule has 1 aromatic heterocycles. The molecule has 10 heteroatoms. The third-order valence-corrected chi connectivity index (χ3v) is 10.4. The van der Waals surface area contributed by atoms with Crippen LogP contribution >= 0.6 is 0 Å². The molecule has 2 aliphatic heterocycles. The number of piperidine rings is 1. The third-order valence-electron chi connectivity index (χ3n) is 8.53. The maximum atomic E-state index is 13.9. The number of nitrogens with two attached hydrogens (primary N) is 1. The molecule has 4 aromatic rings. The number of aryl methyl sites for hydroxylation is 1. The molecule has 3 aromatic carbocycles. The lowest BCUT2D eigenvalue weighted by Crippen LogP contribution is -2.47. The molecular formula is C31H37N5O4S. The van der Waals surface area contributed by atoms with Crippen molar-refractivity contribution in [3.05, 3.63) is 72.6 Å². The fraction of sp³-hybridized carbons (Fsp3) is 0.419. The van der Waals surface area contributed by atoms with Gasteiger partial charge in [-0.1, -0.05) is 48.5 Å². The quantitative estimate of drug-likeness (QED) is 0.322. The van der Waals surface area contributed by atoms with E-state index < -0.39 is 22.0 Å². The van der Waals surface area contributed by atoms with Crippen molar-refractivity contribution in [1.29, 1.82) is 0 Å². The van der Waals surface area contributed by atoms with Crippen LogP contribution in [0.2, 0.25) is 0 Å². The van der Waals surface area contributed by atoms with Gasteiger partial charge in [-0.2, -0.15) is 4.31 Å². The number of carbonyl (C=O) groups is 1. The Morgan fingerprint density at radius 2 is 1.80 bits per heavy atom. The Hall–Kier alpha value is -3.31. The molecule has 9 nitrogen and oxygen atoms in total. The van der Waals surface area contributed by atoms with E-state index in [0.29, 0.717) is 25.1 Å². The van der Waals surface area contributed by atoms with Gasteiger partial charge < -0.3 is 19.9 Å². The molecule has 0 bridgehead atoms.